The number of hydrogen-bond acceptors (Lipinski definition) is 5. The van der Waals surface area contributed by atoms with Crippen LogP contribution in [-0.4, -0.2) is 34.3 Å². The summed E-state index contributed by atoms with van der Waals surface area (Å²) in [5.41, 5.74) is 5.41. The predicted molar refractivity (Wildman–Crippen MR) is 56.7 cm³/mol. The van der Waals surface area contributed by atoms with E-state index in [0.29, 0.717) is 12.4 Å². The minimum Gasteiger partial charge on any atom is -0.391 e. The maximum absolute atomic E-state index is 11.3. The van der Waals surface area contributed by atoms with Crippen LogP contribution in [0.25, 0.3) is 0 Å². The Bertz CT molecular complexity index is 403. The van der Waals surface area contributed by atoms with Gasteiger partial charge in [-0.15, -0.1) is 0 Å². The number of aliphatic hydroxyl groups excluding tert-OH is 1. The lowest BCUT2D eigenvalue weighted by Crippen LogP contribution is -2.39. The fourth-order valence-corrected chi connectivity index (χ4v) is 1.80. The average Bonchev–Trinajstić information content (AvgIpc) is 2.22. The summed E-state index contributed by atoms with van der Waals surface area (Å²) in [6, 6.07) is 0. The molecule has 0 bridgehead atoms. The molecule has 1 aromatic heterocycles. The fraction of sp³-hybridized carbons (Fsp3) is 0.556. The monoisotopic (exact) mass is 210 g/mol. The van der Waals surface area contributed by atoms with Gasteiger partial charge in [0.2, 0.25) is 0 Å². The molecule has 0 amide bonds. The van der Waals surface area contributed by atoms with Gasteiger partial charge < -0.3 is 20.7 Å². The van der Waals surface area contributed by atoms with Gasteiger partial charge >= 0.3 is 0 Å². The molecule has 4 N–H and O–H groups in total. The van der Waals surface area contributed by atoms with Gasteiger partial charge in [0.05, 0.1) is 12.4 Å². The zero-order valence-corrected chi connectivity index (χ0v) is 8.31. The van der Waals surface area contributed by atoms with Crippen molar-refractivity contribution in [2.75, 3.05) is 23.7 Å². The van der Waals surface area contributed by atoms with Gasteiger partial charge in [-0.3, -0.25) is 4.79 Å². The van der Waals surface area contributed by atoms with E-state index in [9.17, 15) is 9.90 Å². The average molecular weight is 210 g/mol. The molecule has 1 fully saturated rings. The summed E-state index contributed by atoms with van der Waals surface area (Å²) in [4.78, 5) is 19.5. The summed E-state index contributed by atoms with van der Waals surface area (Å²) in [6.45, 7) is 1.26. The Kier molecular flexibility index (Phi) is 2.59. The minimum atomic E-state index is -0.362. The van der Waals surface area contributed by atoms with Crippen molar-refractivity contribution < 1.29 is 5.11 Å². The van der Waals surface area contributed by atoms with Crippen molar-refractivity contribution in [2.24, 2.45) is 0 Å². The Labute approximate surface area is 86.7 Å². The zero-order valence-electron chi connectivity index (χ0n) is 8.31. The van der Waals surface area contributed by atoms with E-state index in [4.69, 9.17) is 5.73 Å². The number of hydrogen-bond donors (Lipinski definition) is 3. The van der Waals surface area contributed by atoms with Crippen LogP contribution in [0, 0.1) is 0 Å². The molecule has 1 atom stereocenters. The standard InChI is InChI=1S/C9H14N4O2/c10-7-8(11-5-12-9(7)15)13-3-1-2-6(14)4-13/h5-6,14H,1-4,10H2,(H,11,12,15)/t6-/m0/s1. The van der Waals surface area contributed by atoms with Crippen LogP contribution < -0.4 is 16.2 Å². The smallest absolute Gasteiger partial charge is 0.276 e. The molecule has 1 aromatic rings. The highest BCUT2D eigenvalue weighted by molar-refractivity contribution is 5.61. The van der Waals surface area contributed by atoms with Crippen LogP contribution in [0.2, 0.25) is 0 Å². The summed E-state index contributed by atoms with van der Waals surface area (Å²) in [5, 5.41) is 9.50. The second-order valence-electron chi connectivity index (χ2n) is 3.71. The van der Waals surface area contributed by atoms with Crippen molar-refractivity contribution in [1.82, 2.24) is 9.97 Å². The summed E-state index contributed by atoms with van der Waals surface area (Å²) >= 11 is 0. The third-order valence-electron chi connectivity index (χ3n) is 2.56. The third kappa shape index (κ3) is 1.94. The molecule has 0 saturated carbocycles. The topological polar surface area (TPSA) is 95.2 Å². The molecule has 0 aromatic carbocycles. The van der Waals surface area contributed by atoms with Crippen molar-refractivity contribution >= 4 is 11.5 Å². The van der Waals surface area contributed by atoms with E-state index < -0.39 is 0 Å². The number of nitrogens with one attached hydrogen (secondary N) is 1. The minimum absolute atomic E-state index is 0.117. The summed E-state index contributed by atoms with van der Waals surface area (Å²) in [7, 11) is 0. The van der Waals surface area contributed by atoms with Gasteiger partial charge in [0.15, 0.2) is 5.82 Å². The lowest BCUT2D eigenvalue weighted by Gasteiger charge is -2.31. The molecule has 0 radical (unpaired) electrons. The first-order valence-corrected chi connectivity index (χ1v) is 4.94. The number of aliphatic hydroxyl groups is 1. The van der Waals surface area contributed by atoms with E-state index in [2.05, 4.69) is 9.97 Å². The largest absolute Gasteiger partial charge is 0.391 e. The molecule has 0 spiro atoms. The maximum Gasteiger partial charge on any atom is 0.276 e. The summed E-state index contributed by atoms with van der Waals surface area (Å²) in [6.07, 6.45) is 2.64. The molecule has 0 unspecified atom stereocenters. The molecule has 6 nitrogen and oxygen atoms in total. The molecule has 1 saturated heterocycles. The van der Waals surface area contributed by atoms with Gasteiger partial charge in [-0.2, -0.15) is 0 Å². The molecule has 82 valence electrons. The van der Waals surface area contributed by atoms with Gasteiger partial charge in [-0.25, -0.2) is 4.98 Å². The summed E-state index contributed by atoms with van der Waals surface area (Å²) < 4.78 is 0. The number of nitrogens with two attached hydrogens (primary N) is 1. The lowest BCUT2D eigenvalue weighted by atomic mass is 10.1. The quantitative estimate of drug-likeness (QED) is 0.570. The Balaban J connectivity index is 2.28. The van der Waals surface area contributed by atoms with E-state index in [0.717, 1.165) is 19.4 Å². The highest BCUT2D eigenvalue weighted by Gasteiger charge is 2.21. The SMILES string of the molecule is Nc1c(N2CCC[C@H](O)C2)nc[nH]c1=O. The van der Waals surface area contributed by atoms with Crippen molar-refractivity contribution in [3.05, 3.63) is 16.7 Å². The predicted octanol–water partition coefficient (Wildman–Crippen LogP) is -0.687. The molecule has 15 heavy (non-hydrogen) atoms. The Morgan fingerprint density at radius 3 is 3.20 bits per heavy atom. The Morgan fingerprint density at radius 1 is 1.67 bits per heavy atom. The highest BCUT2D eigenvalue weighted by Crippen LogP contribution is 2.20. The Hall–Kier alpha value is -1.56. The second kappa shape index (κ2) is 3.90. The molecule has 2 rings (SSSR count). The van der Waals surface area contributed by atoms with Crippen molar-refractivity contribution in [3.63, 3.8) is 0 Å². The van der Waals surface area contributed by atoms with E-state index in [1.807, 2.05) is 4.90 Å². The van der Waals surface area contributed by atoms with Gasteiger partial charge in [-0.1, -0.05) is 0 Å². The van der Waals surface area contributed by atoms with Crippen LogP contribution >= 0.6 is 0 Å². The van der Waals surface area contributed by atoms with E-state index in [-0.39, 0.29) is 17.4 Å². The molecule has 1 aliphatic rings. The number of aromatic amines is 1. The fourth-order valence-electron chi connectivity index (χ4n) is 1.80. The molecule has 1 aliphatic heterocycles. The number of H-pyrrole nitrogens is 1. The van der Waals surface area contributed by atoms with Crippen molar-refractivity contribution in [2.45, 2.75) is 18.9 Å². The number of aromatic nitrogens is 2. The number of β-amino-alcohol motifs (C(OH)–C–C–N with tert-alkyl or cyclic N) is 1. The van der Waals surface area contributed by atoms with Gasteiger partial charge in [0.1, 0.15) is 5.69 Å². The second-order valence-corrected chi connectivity index (χ2v) is 3.71. The van der Waals surface area contributed by atoms with Gasteiger partial charge in [0.25, 0.3) is 5.56 Å². The number of nitrogens with zero attached hydrogens (tertiary/aromatic N) is 2. The molecular weight excluding hydrogens is 196 g/mol. The van der Waals surface area contributed by atoms with Crippen LogP contribution in [0.4, 0.5) is 11.5 Å². The third-order valence-corrected chi connectivity index (χ3v) is 2.56. The number of piperidine rings is 1. The van der Waals surface area contributed by atoms with Gasteiger partial charge in [0, 0.05) is 13.1 Å². The first-order chi connectivity index (χ1) is 7.18. The van der Waals surface area contributed by atoms with E-state index in [1.165, 1.54) is 6.33 Å². The van der Waals surface area contributed by atoms with Crippen LogP contribution in [0.3, 0.4) is 0 Å². The first-order valence-electron chi connectivity index (χ1n) is 4.94. The number of anilines is 2. The molecule has 2 heterocycles. The summed E-state index contributed by atoms with van der Waals surface area (Å²) in [5.74, 6) is 0.470. The molecule has 0 aliphatic carbocycles. The first kappa shape index (κ1) is 9.97. The van der Waals surface area contributed by atoms with Crippen molar-refractivity contribution in [1.29, 1.82) is 0 Å². The van der Waals surface area contributed by atoms with E-state index >= 15 is 0 Å². The number of rotatable bonds is 1. The molecular formula is C9H14N4O2. The zero-order chi connectivity index (χ0) is 10.8. The normalized spacial score (nSPS) is 21.7. The van der Waals surface area contributed by atoms with Crippen LogP contribution in [-0.2, 0) is 0 Å². The van der Waals surface area contributed by atoms with Crippen LogP contribution in [0.5, 0.6) is 0 Å². The van der Waals surface area contributed by atoms with Crippen LogP contribution in [0.15, 0.2) is 11.1 Å². The highest BCUT2D eigenvalue weighted by atomic mass is 16.3. The van der Waals surface area contributed by atoms with Gasteiger partial charge in [-0.05, 0) is 12.8 Å². The van der Waals surface area contributed by atoms with Crippen molar-refractivity contribution in [3.8, 4) is 0 Å². The molecule has 6 heteroatoms. The van der Waals surface area contributed by atoms with Crippen LogP contribution in [0.1, 0.15) is 12.8 Å². The maximum atomic E-state index is 11.3. The lowest BCUT2D eigenvalue weighted by molar-refractivity contribution is 0.154. The Morgan fingerprint density at radius 2 is 2.47 bits per heavy atom. The van der Waals surface area contributed by atoms with E-state index in [1.54, 1.807) is 0 Å². The number of nitrogen functional groups attached to an aromatic ring is 1.